The van der Waals surface area contributed by atoms with Crippen molar-refractivity contribution in [1.29, 1.82) is 0 Å². The number of furan rings is 1. The number of pyridine rings is 1. The Bertz CT molecular complexity index is 1520. The number of carbonyl (C=O) groups is 1. The first-order valence-electron chi connectivity index (χ1n) is 10.4. The summed E-state index contributed by atoms with van der Waals surface area (Å²) in [6, 6.07) is 22.0. The fourth-order valence-electron chi connectivity index (χ4n) is 3.85. The van der Waals surface area contributed by atoms with Gasteiger partial charge >= 0.3 is 5.97 Å². The number of carboxylic acid groups (broad SMARTS) is 1. The number of fused-ring (bicyclic) bond motifs is 1. The topological polar surface area (TPSA) is 80.4 Å². The first kappa shape index (κ1) is 22.6. The third kappa shape index (κ3) is 4.45. The Morgan fingerprint density at radius 1 is 1.06 bits per heavy atom. The maximum Gasteiger partial charge on any atom is 0.346 e. The molecule has 0 aliphatic rings. The van der Waals surface area contributed by atoms with Gasteiger partial charge in [-0.3, -0.25) is 4.98 Å². The molecule has 0 fully saturated rings. The molecule has 0 aliphatic heterocycles. The van der Waals surface area contributed by atoms with Crippen molar-refractivity contribution in [2.24, 2.45) is 0 Å². The van der Waals surface area contributed by atoms with Crippen LogP contribution >= 0.6 is 30.1 Å². The van der Waals surface area contributed by atoms with Crippen LogP contribution in [0.4, 0.5) is 0 Å². The molecule has 0 amide bonds. The van der Waals surface area contributed by atoms with Gasteiger partial charge in [0, 0.05) is 39.2 Å². The van der Waals surface area contributed by atoms with Crippen LogP contribution in [0.2, 0.25) is 5.02 Å². The van der Waals surface area contributed by atoms with Crippen molar-refractivity contribution in [3.8, 4) is 21.8 Å². The predicted octanol–water partition coefficient (Wildman–Crippen LogP) is 7.39. The smallest absolute Gasteiger partial charge is 0.346 e. The lowest BCUT2D eigenvalue weighted by molar-refractivity contribution is 0.0701. The van der Waals surface area contributed by atoms with Crippen LogP contribution < -0.4 is 5.30 Å². The molecule has 170 valence electrons. The van der Waals surface area contributed by atoms with Crippen LogP contribution in [0.5, 0.6) is 0 Å². The van der Waals surface area contributed by atoms with Gasteiger partial charge in [0.15, 0.2) is 5.58 Å². The zero-order valence-corrected chi connectivity index (χ0v) is 20.5. The summed E-state index contributed by atoms with van der Waals surface area (Å²) < 4.78 is 19.3. The molecule has 5 rings (SSSR count). The van der Waals surface area contributed by atoms with Crippen molar-refractivity contribution in [2.45, 2.75) is 6.16 Å². The highest BCUT2D eigenvalue weighted by Gasteiger charge is 2.25. The predicted molar refractivity (Wildman–Crippen MR) is 138 cm³/mol. The Hall–Kier alpha value is -3.18. The highest BCUT2D eigenvalue weighted by atomic mass is 35.5. The average molecular weight is 508 g/mol. The zero-order chi connectivity index (χ0) is 23.9. The van der Waals surface area contributed by atoms with Crippen LogP contribution in [0.15, 0.2) is 83.4 Å². The van der Waals surface area contributed by atoms with E-state index in [9.17, 15) is 14.5 Å². The van der Waals surface area contributed by atoms with E-state index in [4.69, 9.17) is 16.0 Å². The summed E-state index contributed by atoms with van der Waals surface area (Å²) in [5, 5.41) is 11.0. The quantitative estimate of drug-likeness (QED) is 0.242. The van der Waals surface area contributed by atoms with E-state index in [1.807, 2.05) is 48.5 Å². The van der Waals surface area contributed by atoms with Crippen molar-refractivity contribution in [3.05, 3.63) is 94.5 Å². The molecule has 0 spiro atoms. The van der Waals surface area contributed by atoms with Crippen molar-refractivity contribution in [2.75, 3.05) is 6.66 Å². The van der Waals surface area contributed by atoms with Gasteiger partial charge in [-0.25, -0.2) is 4.79 Å². The lowest BCUT2D eigenvalue weighted by Gasteiger charge is -2.13. The Labute approximate surface area is 205 Å². The average Bonchev–Trinajstić information content (AvgIpc) is 3.44. The molecule has 5 aromatic rings. The second kappa shape index (κ2) is 8.88. The van der Waals surface area contributed by atoms with Gasteiger partial charge in [0.1, 0.15) is 23.3 Å². The van der Waals surface area contributed by atoms with Crippen LogP contribution in [0.3, 0.4) is 0 Å². The molecule has 5 nitrogen and oxygen atoms in total. The molecule has 0 saturated heterocycles. The molecule has 0 bridgehead atoms. The van der Waals surface area contributed by atoms with Crippen molar-refractivity contribution < 1.29 is 18.9 Å². The number of aromatic carboxylic acids is 1. The summed E-state index contributed by atoms with van der Waals surface area (Å²) in [5.74, 6) is -0.304. The number of rotatable bonds is 6. The molecule has 3 heterocycles. The van der Waals surface area contributed by atoms with E-state index in [2.05, 4.69) is 4.98 Å². The minimum atomic E-state index is -2.83. The zero-order valence-electron chi connectivity index (χ0n) is 18.1. The maximum absolute atomic E-state index is 13.4. The summed E-state index contributed by atoms with van der Waals surface area (Å²) in [7, 11) is -2.83. The standard InChI is InChI=1S/C26H19ClNO4PS/c1-33(31,20-10-8-19(27)9-11-20)15-18-13-24(34-25(18)26(29)30)17-6-4-16(5-7-17)23-14-21-22(32-23)3-2-12-28-21/h2-14H,15H2,1H3,(H,29,30). The second-order valence-electron chi connectivity index (χ2n) is 8.08. The van der Waals surface area contributed by atoms with Gasteiger partial charge in [-0.05, 0) is 48.1 Å². The molecule has 3 aromatic heterocycles. The highest BCUT2D eigenvalue weighted by molar-refractivity contribution is 7.70. The number of benzene rings is 2. The lowest BCUT2D eigenvalue weighted by atomic mass is 10.1. The minimum Gasteiger partial charge on any atom is -0.477 e. The Balaban J connectivity index is 1.45. The summed E-state index contributed by atoms with van der Waals surface area (Å²) in [6.45, 7) is 1.68. The fourth-order valence-corrected chi connectivity index (χ4v) is 6.97. The molecule has 8 heteroatoms. The van der Waals surface area contributed by atoms with Gasteiger partial charge < -0.3 is 14.1 Å². The third-order valence-electron chi connectivity index (χ3n) is 5.59. The first-order chi connectivity index (χ1) is 16.3. The molecule has 1 atom stereocenters. The number of thiophene rings is 1. The summed E-state index contributed by atoms with van der Waals surface area (Å²) in [5.41, 5.74) is 3.87. The van der Waals surface area contributed by atoms with Gasteiger partial charge in [-0.2, -0.15) is 0 Å². The van der Waals surface area contributed by atoms with Gasteiger partial charge in [0.2, 0.25) is 0 Å². The SMILES string of the molecule is CP(=O)(Cc1cc(-c2ccc(-c3cc4ncccc4o3)cc2)sc1C(=O)O)c1ccc(Cl)cc1. The Kier molecular flexibility index (Phi) is 5.90. The molecule has 1 N–H and O–H groups in total. The molecule has 0 radical (unpaired) electrons. The van der Waals surface area contributed by atoms with Gasteiger partial charge in [-0.15, -0.1) is 11.3 Å². The minimum absolute atomic E-state index is 0.164. The number of hydrogen-bond donors (Lipinski definition) is 1. The van der Waals surface area contributed by atoms with E-state index in [0.29, 0.717) is 21.7 Å². The number of halogens is 1. The number of aromatic nitrogens is 1. The molecular formula is C26H19ClNO4PS. The number of carboxylic acids is 1. The summed E-state index contributed by atoms with van der Waals surface area (Å²) in [6.07, 6.45) is 1.89. The Morgan fingerprint density at radius 2 is 1.76 bits per heavy atom. The van der Waals surface area contributed by atoms with Crippen LogP contribution in [-0.4, -0.2) is 22.7 Å². The van der Waals surface area contributed by atoms with Crippen LogP contribution in [-0.2, 0) is 10.7 Å². The largest absolute Gasteiger partial charge is 0.477 e. The van der Waals surface area contributed by atoms with Gasteiger partial charge in [0.25, 0.3) is 0 Å². The second-order valence-corrected chi connectivity index (χ2v) is 12.6. The molecule has 0 saturated carbocycles. The maximum atomic E-state index is 13.4. The van der Waals surface area contributed by atoms with Crippen LogP contribution in [0.1, 0.15) is 15.2 Å². The van der Waals surface area contributed by atoms with E-state index in [1.165, 1.54) is 11.3 Å². The highest BCUT2D eigenvalue weighted by Crippen LogP contribution is 2.47. The van der Waals surface area contributed by atoms with Crippen LogP contribution in [0, 0.1) is 0 Å². The van der Waals surface area contributed by atoms with E-state index >= 15 is 0 Å². The van der Waals surface area contributed by atoms with Crippen molar-refractivity contribution >= 4 is 52.5 Å². The normalized spacial score (nSPS) is 13.1. The monoisotopic (exact) mass is 507 g/mol. The molecule has 0 aliphatic carbocycles. The third-order valence-corrected chi connectivity index (χ3v) is 9.39. The molecule has 2 aromatic carbocycles. The summed E-state index contributed by atoms with van der Waals surface area (Å²) in [4.78, 5) is 17.3. The van der Waals surface area contributed by atoms with Gasteiger partial charge in [-0.1, -0.05) is 48.0 Å². The fraction of sp³-hybridized carbons (Fsp3) is 0.0769. The van der Waals surface area contributed by atoms with Crippen LogP contribution in [0.25, 0.3) is 32.9 Å². The van der Waals surface area contributed by atoms with E-state index < -0.39 is 13.1 Å². The van der Waals surface area contributed by atoms with Crippen molar-refractivity contribution in [1.82, 2.24) is 4.98 Å². The molecule has 1 unspecified atom stereocenters. The van der Waals surface area contributed by atoms with E-state index in [0.717, 1.165) is 27.1 Å². The number of nitrogens with zero attached hydrogens (tertiary/aromatic N) is 1. The Morgan fingerprint density at radius 3 is 2.44 bits per heavy atom. The first-order valence-corrected chi connectivity index (χ1v) is 14.0. The number of hydrogen-bond acceptors (Lipinski definition) is 5. The van der Waals surface area contributed by atoms with E-state index in [1.54, 1.807) is 37.1 Å². The lowest BCUT2D eigenvalue weighted by Crippen LogP contribution is -2.06. The van der Waals surface area contributed by atoms with E-state index in [-0.39, 0.29) is 11.0 Å². The van der Waals surface area contributed by atoms with Crippen molar-refractivity contribution in [3.63, 3.8) is 0 Å². The summed E-state index contributed by atoms with van der Waals surface area (Å²) >= 11 is 7.15. The molecule has 34 heavy (non-hydrogen) atoms. The molecular weight excluding hydrogens is 489 g/mol. The van der Waals surface area contributed by atoms with Gasteiger partial charge in [0.05, 0.1) is 0 Å².